The highest BCUT2D eigenvalue weighted by atomic mass is 16.3. The smallest absolute Gasteiger partial charge is 0.235 e. The van der Waals surface area contributed by atoms with Crippen molar-refractivity contribution in [3.63, 3.8) is 0 Å². The van der Waals surface area contributed by atoms with Gasteiger partial charge in [0.2, 0.25) is 5.91 Å². The van der Waals surface area contributed by atoms with E-state index in [0.29, 0.717) is 18.4 Å². The first-order valence-corrected chi connectivity index (χ1v) is 11.1. The molecule has 3 aliphatic carbocycles. The second-order valence-electron chi connectivity index (χ2n) is 9.64. The normalized spacial score (nSPS) is 33.5. The molecular formula is C24H28N2O7. The summed E-state index contributed by atoms with van der Waals surface area (Å²) in [5.74, 6) is -10.1. The summed E-state index contributed by atoms with van der Waals surface area (Å²) in [4.78, 5) is 66.8. The minimum absolute atomic E-state index is 0.0487. The number of rotatable bonds is 4. The van der Waals surface area contributed by atoms with E-state index in [9.17, 15) is 34.2 Å². The highest BCUT2D eigenvalue weighted by Crippen LogP contribution is 2.51. The Labute approximate surface area is 190 Å². The number of nitrogens with two attached hydrogens (primary N) is 1. The van der Waals surface area contributed by atoms with Gasteiger partial charge in [-0.25, -0.2) is 0 Å². The zero-order chi connectivity index (χ0) is 24.4. The Hall–Kier alpha value is -2.91. The first-order chi connectivity index (χ1) is 15.5. The lowest BCUT2D eigenvalue weighted by Crippen LogP contribution is -2.74. The van der Waals surface area contributed by atoms with Crippen LogP contribution in [-0.4, -0.2) is 69.9 Å². The number of aryl methyl sites for hydroxylation is 1. The number of aliphatic hydroxyl groups is 1. The summed E-state index contributed by atoms with van der Waals surface area (Å²) in [7, 11) is 3.12. The molecular weight excluding hydrogens is 428 g/mol. The molecule has 9 nitrogen and oxygen atoms in total. The van der Waals surface area contributed by atoms with E-state index < -0.39 is 64.4 Å². The molecule has 2 unspecified atom stereocenters. The predicted molar refractivity (Wildman–Crippen MR) is 115 cm³/mol. The summed E-state index contributed by atoms with van der Waals surface area (Å²) in [6.45, 7) is 1.99. The molecule has 3 aliphatic rings. The quantitative estimate of drug-likeness (QED) is 0.527. The van der Waals surface area contributed by atoms with Gasteiger partial charge in [0.05, 0.1) is 17.5 Å². The van der Waals surface area contributed by atoms with Crippen LogP contribution in [0.1, 0.15) is 41.3 Å². The summed E-state index contributed by atoms with van der Waals surface area (Å²) in [5, 5.41) is 21.9. The van der Waals surface area contributed by atoms with Gasteiger partial charge in [0, 0.05) is 5.92 Å². The third kappa shape index (κ3) is 3.09. The van der Waals surface area contributed by atoms with E-state index in [2.05, 4.69) is 0 Å². The van der Waals surface area contributed by atoms with Crippen molar-refractivity contribution in [2.45, 2.75) is 44.2 Å². The van der Waals surface area contributed by atoms with Crippen molar-refractivity contribution < 1.29 is 34.2 Å². The van der Waals surface area contributed by atoms with Crippen LogP contribution < -0.4 is 5.73 Å². The monoisotopic (exact) mass is 456 g/mol. The summed E-state index contributed by atoms with van der Waals surface area (Å²) in [6.07, 6.45) is 1.87. The van der Waals surface area contributed by atoms with Crippen LogP contribution in [0.5, 0.6) is 5.75 Å². The molecule has 1 aromatic carbocycles. The van der Waals surface area contributed by atoms with Gasteiger partial charge in [-0.15, -0.1) is 0 Å². The number of nitrogens with zero attached hydrogens (tertiary/aromatic N) is 1. The lowest BCUT2D eigenvalue weighted by Gasteiger charge is -2.52. The van der Waals surface area contributed by atoms with Crippen LogP contribution in [0.3, 0.4) is 0 Å². The van der Waals surface area contributed by atoms with Crippen LogP contribution in [-0.2, 0) is 32.0 Å². The van der Waals surface area contributed by atoms with Gasteiger partial charge in [0.1, 0.15) is 5.75 Å². The average molecular weight is 456 g/mol. The van der Waals surface area contributed by atoms with E-state index in [-0.39, 0.29) is 17.7 Å². The number of aromatic hydroxyl groups is 1. The Bertz CT molecular complexity index is 1090. The molecule has 0 spiro atoms. The second-order valence-corrected chi connectivity index (χ2v) is 9.64. The number of primary amides is 1. The molecule has 0 heterocycles. The maximum Gasteiger partial charge on any atom is 0.235 e. The van der Waals surface area contributed by atoms with Gasteiger partial charge in [0.25, 0.3) is 0 Å². The van der Waals surface area contributed by atoms with E-state index in [1.165, 1.54) is 11.0 Å². The number of Topliss-reactive ketones (excluding diaryl/α,β-unsaturated/α-hetero) is 4. The second kappa shape index (κ2) is 7.85. The number of phenolic OH excluding ortho intramolecular Hbond substituents is 1. The van der Waals surface area contributed by atoms with E-state index in [1.54, 1.807) is 20.2 Å². The fourth-order valence-corrected chi connectivity index (χ4v) is 6.17. The molecule has 0 saturated heterocycles. The van der Waals surface area contributed by atoms with Gasteiger partial charge in [-0.1, -0.05) is 19.4 Å². The number of benzene rings is 1. The molecule has 2 fully saturated rings. The van der Waals surface area contributed by atoms with Crippen molar-refractivity contribution in [1.29, 1.82) is 0 Å². The lowest BCUT2D eigenvalue weighted by atomic mass is 9.52. The minimum Gasteiger partial charge on any atom is -0.507 e. The number of fused-ring (bicyclic) bond motifs is 3. The number of hydrogen-bond donors (Lipinski definition) is 3. The van der Waals surface area contributed by atoms with Gasteiger partial charge in [-0.3, -0.25) is 28.9 Å². The maximum atomic E-state index is 13.7. The molecule has 0 aliphatic heterocycles. The van der Waals surface area contributed by atoms with Crippen molar-refractivity contribution in [3.8, 4) is 5.75 Å². The largest absolute Gasteiger partial charge is 0.507 e. The maximum absolute atomic E-state index is 13.7. The summed E-state index contributed by atoms with van der Waals surface area (Å²) >= 11 is 0. The van der Waals surface area contributed by atoms with Crippen molar-refractivity contribution in [1.82, 2.24) is 4.90 Å². The Morgan fingerprint density at radius 1 is 1.18 bits per heavy atom. The highest BCUT2D eigenvalue weighted by Gasteiger charge is 2.69. The van der Waals surface area contributed by atoms with E-state index >= 15 is 0 Å². The molecule has 4 N–H and O–H groups in total. The van der Waals surface area contributed by atoms with Crippen molar-refractivity contribution in [3.05, 3.63) is 28.8 Å². The summed E-state index contributed by atoms with van der Waals surface area (Å²) < 4.78 is 0. The molecule has 0 aromatic heterocycles. The number of carbonyl (C=O) groups is 5. The molecule has 0 bridgehead atoms. The fourth-order valence-electron chi connectivity index (χ4n) is 6.17. The predicted octanol–water partition coefficient (Wildman–Crippen LogP) is -0.180. The molecule has 4 rings (SSSR count). The van der Waals surface area contributed by atoms with Crippen LogP contribution >= 0.6 is 0 Å². The standard InChI is InChI=1S/C24H28N2O7/c1-4-5-10-6-7-14(27)16-12(10)8-11-9-13-18(26(2)3)20(29)17(23(25)32)22(31)24(13,33)21(30)15(11)19(16)28/h6-7,11,13,15,17-18,27,33H,4-5,8-9H2,1-3H3,(H2,25,32)/t11-,13-,15?,17?,18-,24-/m1/s1. The Balaban J connectivity index is 1.87. The van der Waals surface area contributed by atoms with Gasteiger partial charge < -0.3 is 15.9 Å². The third-order valence-electron chi connectivity index (χ3n) is 7.56. The number of phenols is 1. The topological polar surface area (TPSA) is 155 Å². The highest BCUT2D eigenvalue weighted by molar-refractivity contribution is 6.32. The molecule has 33 heavy (non-hydrogen) atoms. The minimum atomic E-state index is -2.69. The van der Waals surface area contributed by atoms with Crippen LogP contribution in [0.15, 0.2) is 12.1 Å². The number of amides is 1. The van der Waals surface area contributed by atoms with Gasteiger partial charge in [-0.2, -0.15) is 0 Å². The first kappa shape index (κ1) is 23.3. The first-order valence-electron chi connectivity index (χ1n) is 11.1. The van der Waals surface area contributed by atoms with Gasteiger partial charge in [0.15, 0.2) is 34.7 Å². The van der Waals surface area contributed by atoms with Gasteiger partial charge >= 0.3 is 0 Å². The zero-order valence-electron chi connectivity index (χ0n) is 18.8. The Morgan fingerprint density at radius 3 is 2.42 bits per heavy atom. The van der Waals surface area contributed by atoms with Crippen molar-refractivity contribution >= 4 is 29.0 Å². The molecule has 9 heteroatoms. The lowest BCUT2D eigenvalue weighted by molar-refractivity contribution is -0.181. The molecule has 1 aromatic rings. The number of hydrogen-bond acceptors (Lipinski definition) is 8. The summed E-state index contributed by atoms with van der Waals surface area (Å²) in [6, 6.07) is 2.09. The van der Waals surface area contributed by atoms with Crippen molar-refractivity contribution in [2.75, 3.05) is 14.1 Å². The Kier molecular flexibility index (Phi) is 5.53. The molecule has 1 amide bonds. The van der Waals surface area contributed by atoms with Crippen LogP contribution in [0.25, 0.3) is 0 Å². The zero-order valence-corrected chi connectivity index (χ0v) is 18.8. The van der Waals surface area contributed by atoms with Crippen molar-refractivity contribution in [2.24, 2.45) is 29.4 Å². The average Bonchev–Trinajstić information content (AvgIpc) is 2.72. The van der Waals surface area contributed by atoms with Crippen LogP contribution in [0, 0.1) is 23.7 Å². The fraction of sp³-hybridized carbons (Fsp3) is 0.542. The molecule has 6 atom stereocenters. The third-order valence-corrected chi connectivity index (χ3v) is 7.56. The Morgan fingerprint density at radius 2 is 1.85 bits per heavy atom. The van der Waals surface area contributed by atoms with E-state index in [1.807, 2.05) is 6.92 Å². The molecule has 0 radical (unpaired) electrons. The van der Waals surface area contributed by atoms with Gasteiger partial charge in [-0.05, 0) is 56.5 Å². The van der Waals surface area contributed by atoms with E-state index in [4.69, 9.17) is 5.73 Å². The number of likely N-dealkylation sites (N-methyl/N-ethyl adjacent to an activating group) is 1. The van der Waals surface area contributed by atoms with E-state index in [0.717, 1.165) is 12.0 Å². The van der Waals surface area contributed by atoms with Crippen LogP contribution in [0.4, 0.5) is 0 Å². The van der Waals surface area contributed by atoms with Crippen LogP contribution in [0.2, 0.25) is 0 Å². The number of ketones is 4. The molecule has 2 saturated carbocycles. The summed E-state index contributed by atoms with van der Waals surface area (Å²) in [5.41, 5.74) is 4.24. The SMILES string of the molecule is CCCc1ccc(O)c2c1C[C@@H]1C[C@@H]3[C@@H](N(C)C)C(=O)C(C(N)=O)C(=O)[C@]3(O)C(=O)C1C2=O. The molecule has 176 valence electrons. The number of carbonyl (C=O) groups excluding carboxylic acids is 5.